The van der Waals surface area contributed by atoms with E-state index in [0.29, 0.717) is 31.5 Å². The van der Waals surface area contributed by atoms with Gasteiger partial charge in [0.05, 0.1) is 16.8 Å². The summed E-state index contributed by atoms with van der Waals surface area (Å²) in [4.78, 5) is 52.4. The molecule has 188 valence electrons. The van der Waals surface area contributed by atoms with Crippen LogP contribution in [0, 0.1) is 12.8 Å². The molecule has 0 N–H and O–H groups in total. The van der Waals surface area contributed by atoms with E-state index >= 15 is 0 Å². The quantitative estimate of drug-likeness (QED) is 0.542. The zero-order valence-electron chi connectivity index (χ0n) is 19.5. The third-order valence-electron chi connectivity index (χ3n) is 5.73. The Morgan fingerprint density at radius 1 is 1.09 bits per heavy atom. The van der Waals surface area contributed by atoms with Crippen LogP contribution in [0.25, 0.3) is 10.2 Å². The molecule has 0 aliphatic carbocycles. The van der Waals surface area contributed by atoms with Gasteiger partial charge in [0.1, 0.15) is 10.9 Å². The number of thiophene rings is 1. The average molecular weight is 504 g/mol. The van der Waals surface area contributed by atoms with Gasteiger partial charge >= 0.3 is 11.7 Å². The van der Waals surface area contributed by atoms with E-state index in [-0.39, 0.29) is 39.6 Å². The Morgan fingerprint density at radius 2 is 1.71 bits per heavy atom. The fourth-order valence-corrected chi connectivity index (χ4v) is 5.37. The van der Waals surface area contributed by atoms with Gasteiger partial charge in [-0.1, -0.05) is 13.8 Å². The van der Waals surface area contributed by atoms with Crippen LogP contribution in [0.1, 0.15) is 48.8 Å². The van der Waals surface area contributed by atoms with E-state index in [1.165, 1.54) is 6.92 Å². The lowest BCUT2D eigenvalue weighted by Gasteiger charge is -2.31. The van der Waals surface area contributed by atoms with Crippen LogP contribution < -0.4 is 11.2 Å². The van der Waals surface area contributed by atoms with Crippen LogP contribution in [0.5, 0.6) is 0 Å². The van der Waals surface area contributed by atoms with Gasteiger partial charge in [-0.15, -0.1) is 11.3 Å². The van der Waals surface area contributed by atoms with Crippen LogP contribution in [0.15, 0.2) is 9.59 Å². The Kier molecular flexibility index (Phi) is 7.89. The third-order valence-corrected chi connectivity index (χ3v) is 7.03. The number of esters is 1. The number of halogens is 3. The maximum atomic E-state index is 14.0. The Labute approximate surface area is 197 Å². The number of aryl methyl sites for hydroxylation is 1. The van der Waals surface area contributed by atoms with E-state index in [9.17, 15) is 32.3 Å². The lowest BCUT2D eigenvalue weighted by molar-refractivity contribution is -0.148. The normalized spacial score (nSPS) is 16.0. The zero-order valence-corrected chi connectivity index (χ0v) is 20.3. The number of carbonyl (C=O) groups excluding carboxylic acids is 2. The van der Waals surface area contributed by atoms with Crippen LogP contribution in [-0.4, -0.2) is 57.7 Å². The number of hydrogen-bond donors (Lipinski definition) is 0. The molecule has 0 spiro atoms. The number of likely N-dealkylation sites (tertiary alicyclic amines) is 1. The Balaban J connectivity index is 2.06. The summed E-state index contributed by atoms with van der Waals surface area (Å²) in [7, 11) is 0. The van der Waals surface area contributed by atoms with Crippen molar-refractivity contribution in [2.75, 3.05) is 13.1 Å². The first-order valence-corrected chi connectivity index (χ1v) is 11.9. The molecular weight excluding hydrogens is 475 g/mol. The van der Waals surface area contributed by atoms with Crippen molar-refractivity contribution in [2.24, 2.45) is 5.92 Å². The van der Waals surface area contributed by atoms with Gasteiger partial charge in [-0.3, -0.25) is 23.5 Å². The molecule has 1 aliphatic rings. The predicted molar refractivity (Wildman–Crippen MR) is 122 cm³/mol. The van der Waals surface area contributed by atoms with Crippen molar-refractivity contribution >= 4 is 33.4 Å². The van der Waals surface area contributed by atoms with Crippen LogP contribution in [0.2, 0.25) is 0 Å². The molecule has 8 nitrogen and oxygen atoms in total. The third kappa shape index (κ3) is 5.21. The Bertz CT molecular complexity index is 1200. The number of aromatic nitrogens is 2. The number of amides is 1. The van der Waals surface area contributed by atoms with Gasteiger partial charge < -0.3 is 9.64 Å². The highest BCUT2D eigenvalue weighted by atomic mass is 32.1. The molecule has 1 saturated heterocycles. The SMILES string of the molecule is CC(=O)OC1CCN(C(=O)c2sc3c(c2C)c(=O)n(CC(C)C)c(=O)n3CC(F)C(F)F)CC1. The summed E-state index contributed by atoms with van der Waals surface area (Å²) in [5, 5.41) is 0.0601. The van der Waals surface area contributed by atoms with Gasteiger partial charge in [0.15, 0.2) is 6.17 Å². The lowest BCUT2D eigenvalue weighted by atomic mass is 10.1. The molecule has 2 aromatic rings. The largest absolute Gasteiger partial charge is 0.462 e. The summed E-state index contributed by atoms with van der Waals surface area (Å²) in [5.41, 5.74) is -1.17. The van der Waals surface area contributed by atoms with Crippen molar-refractivity contribution in [2.45, 2.75) is 72.3 Å². The summed E-state index contributed by atoms with van der Waals surface area (Å²) in [6.07, 6.45) is -5.27. The highest BCUT2D eigenvalue weighted by Gasteiger charge is 2.30. The molecule has 0 saturated carbocycles. The molecule has 2 aromatic heterocycles. The van der Waals surface area contributed by atoms with E-state index in [0.717, 1.165) is 20.5 Å². The van der Waals surface area contributed by atoms with Gasteiger partial charge in [-0.25, -0.2) is 18.0 Å². The molecule has 1 atom stereocenters. The van der Waals surface area contributed by atoms with Crippen molar-refractivity contribution < 1.29 is 27.5 Å². The molecule has 34 heavy (non-hydrogen) atoms. The number of rotatable bonds is 7. The second-order valence-electron chi connectivity index (χ2n) is 8.89. The molecule has 0 aromatic carbocycles. The van der Waals surface area contributed by atoms with Crippen molar-refractivity contribution in [1.82, 2.24) is 14.0 Å². The number of ether oxygens (including phenoxy) is 1. The standard InChI is InChI=1S/C22H28F3N3O5S/c1-11(2)9-27-19(30)16-12(3)17(20(31)26-7-5-14(6-8-26)33-13(4)29)34-21(16)28(22(27)32)10-15(23)18(24)25/h11,14-15,18H,5-10H2,1-4H3. The van der Waals surface area contributed by atoms with Crippen LogP contribution >= 0.6 is 11.3 Å². The summed E-state index contributed by atoms with van der Waals surface area (Å²) >= 11 is 0.835. The Hall–Kier alpha value is -2.63. The number of alkyl halides is 3. The van der Waals surface area contributed by atoms with Crippen LogP contribution in [0.3, 0.4) is 0 Å². The minimum Gasteiger partial charge on any atom is -0.462 e. The first-order valence-electron chi connectivity index (χ1n) is 11.1. The van der Waals surface area contributed by atoms with Gasteiger partial charge in [0, 0.05) is 39.4 Å². The van der Waals surface area contributed by atoms with Crippen molar-refractivity contribution in [3.05, 3.63) is 31.3 Å². The van der Waals surface area contributed by atoms with E-state index in [1.807, 2.05) is 0 Å². The zero-order chi connectivity index (χ0) is 25.3. The summed E-state index contributed by atoms with van der Waals surface area (Å²) in [6, 6.07) is 0. The molecule has 1 unspecified atom stereocenters. The molecular formula is C22H28F3N3O5S. The smallest absolute Gasteiger partial charge is 0.332 e. The molecule has 0 radical (unpaired) electrons. The van der Waals surface area contributed by atoms with E-state index in [4.69, 9.17) is 4.74 Å². The van der Waals surface area contributed by atoms with E-state index < -0.39 is 36.4 Å². The highest BCUT2D eigenvalue weighted by Crippen LogP contribution is 2.30. The molecule has 0 bridgehead atoms. The average Bonchev–Trinajstić information content (AvgIpc) is 3.10. The lowest BCUT2D eigenvalue weighted by Crippen LogP contribution is -2.42. The first kappa shape index (κ1) is 26.0. The fourth-order valence-electron chi connectivity index (χ4n) is 4.09. The van der Waals surface area contributed by atoms with E-state index in [1.54, 1.807) is 25.7 Å². The van der Waals surface area contributed by atoms with Gasteiger partial charge in [-0.05, 0) is 18.4 Å². The van der Waals surface area contributed by atoms with Crippen molar-refractivity contribution in [1.29, 1.82) is 0 Å². The first-order chi connectivity index (χ1) is 15.9. The minimum absolute atomic E-state index is 0.00829. The molecule has 3 heterocycles. The molecule has 1 amide bonds. The molecule has 3 rings (SSSR count). The number of hydrogen-bond acceptors (Lipinski definition) is 6. The second kappa shape index (κ2) is 10.3. The van der Waals surface area contributed by atoms with Crippen LogP contribution in [0.4, 0.5) is 13.2 Å². The molecule has 1 aliphatic heterocycles. The predicted octanol–water partition coefficient (Wildman–Crippen LogP) is 2.96. The summed E-state index contributed by atoms with van der Waals surface area (Å²) in [6.45, 7) is 6.21. The summed E-state index contributed by atoms with van der Waals surface area (Å²) < 4.78 is 46.9. The number of fused-ring (bicyclic) bond motifs is 1. The monoisotopic (exact) mass is 503 g/mol. The summed E-state index contributed by atoms with van der Waals surface area (Å²) in [5.74, 6) is -0.874. The van der Waals surface area contributed by atoms with Gasteiger partial charge in [0.25, 0.3) is 17.9 Å². The maximum Gasteiger partial charge on any atom is 0.332 e. The number of carbonyl (C=O) groups is 2. The van der Waals surface area contributed by atoms with E-state index in [2.05, 4.69) is 0 Å². The highest BCUT2D eigenvalue weighted by molar-refractivity contribution is 7.20. The number of piperidine rings is 1. The topological polar surface area (TPSA) is 90.6 Å². The fraction of sp³-hybridized carbons (Fsp3) is 0.636. The second-order valence-corrected chi connectivity index (χ2v) is 9.89. The van der Waals surface area contributed by atoms with Gasteiger partial charge in [0.2, 0.25) is 0 Å². The maximum absolute atomic E-state index is 14.0. The minimum atomic E-state index is -3.30. The van der Waals surface area contributed by atoms with Gasteiger partial charge in [-0.2, -0.15) is 0 Å². The Morgan fingerprint density at radius 3 is 2.24 bits per heavy atom. The number of nitrogens with zero attached hydrogens (tertiary/aromatic N) is 3. The molecule has 1 fully saturated rings. The van der Waals surface area contributed by atoms with Crippen LogP contribution in [-0.2, 0) is 22.6 Å². The van der Waals surface area contributed by atoms with Crippen molar-refractivity contribution in [3.8, 4) is 0 Å². The molecule has 12 heteroatoms. The van der Waals surface area contributed by atoms with Crippen molar-refractivity contribution in [3.63, 3.8) is 0 Å².